The molecule has 21 heavy (non-hydrogen) atoms. The lowest BCUT2D eigenvalue weighted by Gasteiger charge is -2.27. The van der Waals surface area contributed by atoms with Crippen molar-refractivity contribution in [3.05, 3.63) is 0 Å². The smallest absolute Gasteiger partial charge is 0.317 e. The maximum atomic E-state index is 12.1. The predicted octanol–water partition coefficient (Wildman–Crippen LogP) is 3.39. The van der Waals surface area contributed by atoms with E-state index in [1.54, 1.807) is 0 Å². The summed E-state index contributed by atoms with van der Waals surface area (Å²) in [6.07, 6.45) is 11.1. The molecule has 0 radical (unpaired) electrons. The van der Waals surface area contributed by atoms with Gasteiger partial charge in [0.15, 0.2) is 0 Å². The number of carbonyl (C=O) groups excluding carboxylic acids is 1. The van der Waals surface area contributed by atoms with Crippen molar-refractivity contribution < 1.29 is 14.7 Å². The highest BCUT2D eigenvalue weighted by atomic mass is 16.4. The molecule has 1 fully saturated rings. The van der Waals surface area contributed by atoms with E-state index in [1.807, 2.05) is 11.9 Å². The van der Waals surface area contributed by atoms with Crippen LogP contribution in [-0.2, 0) is 4.79 Å². The van der Waals surface area contributed by atoms with Crippen LogP contribution in [0.5, 0.6) is 0 Å². The average Bonchev–Trinajstić information content (AvgIpc) is 2.74. The molecular weight excluding hydrogens is 268 g/mol. The number of nitrogens with zero attached hydrogens (tertiary/aromatic N) is 1. The Balaban J connectivity index is 2.07. The normalized spacial score (nSPS) is 16.2. The van der Waals surface area contributed by atoms with E-state index in [0.717, 1.165) is 38.5 Å². The molecule has 2 N–H and O–H groups in total. The minimum atomic E-state index is -0.728. The molecule has 0 saturated heterocycles. The zero-order valence-corrected chi connectivity index (χ0v) is 13.3. The molecule has 0 spiro atoms. The van der Waals surface area contributed by atoms with Crippen LogP contribution < -0.4 is 5.32 Å². The van der Waals surface area contributed by atoms with Crippen molar-refractivity contribution in [2.24, 2.45) is 0 Å². The Kier molecular flexibility index (Phi) is 8.87. The SMILES string of the molecule is CN(C(=O)NCCCCCCC(=O)O)C1CCCCCC1. The Morgan fingerprint density at radius 3 is 2.29 bits per heavy atom. The van der Waals surface area contributed by atoms with Gasteiger partial charge in [0.05, 0.1) is 0 Å². The number of unbranched alkanes of at least 4 members (excludes halogenated alkanes) is 3. The number of amides is 2. The van der Waals surface area contributed by atoms with Crippen molar-refractivity contribution in [2.75, 3.05) is 13.6 Å². The lowest BCUT2D eigenvalue weighted by molar-refractivity contribution is -0.137. The highest BCUT2D eigenvalue weighted by molar-refractivity contribution is 5.74. The van der Waals surface area contributed by atoms with Crippen molar-refractivity contribution >= 4 is 12.0 Å². The second-order valence-corrected chi connectivity index (χ2v) is 6.05. The van der Waals surface area contributed by atoms with Crippen LogP contribution in [-0.4, -0.2) is 41.6 Å². The number of hydrogen-bond acceptors (Lipinski definition) is 2. The second-order valence-electron chi connectivity index (χ2n) is 6.05. The van der Waals surface area contributed by atoms with Crippen molar-refractivity contribution in [3.63, 3.8) is 0 Å². The predicted molar refractivity (Wildman–Crippen MR) is 83.4 cm³/mol. The van der Waals surface area contributed by atoms with Gasteiger partial charge in [-0.1, -0.05) is 38.5 Å². The van der Waals surface area contributed by atoms with Crippen molar-refractivity contribution in [3.8, 4) is 0 Å². The van der Waals surface area contributed by atoms with E-state index < -0.39 is 5.97 Å². The molecule has 5 nitrogen and oxygen atoms in total. The van der Waals surface area contributed by atoms with Crippen molar-refractivity contribution in [1.29, 1.82) is 0 Å². The summed E-state index contributed by atoms with van der Waals surface area (Å²) < 4.78 is 0. The number of nitrogens with one attached hydrogen (secondary N) is 1. The molecule has 5 heteroatoms. The van der Waals surface area contributed by atoms with Crippen LogP contribution in [0.3, 0.4) is 0 Å². The molecule has 1 aliphatic carbocycles. The fourth-order valence-corrected chi connectivity index (χ4v) is 2.89. The molecule has 2 amide bonds. The number of carboxylic acids is 1. The second kappa shape index (κ2) is 10.5. The third-order valence-corrected chi connectivity index (χ3v) is 4.29. The fraction of sp³-hybridized carbons (Fsp3) is 0.875. The summed E-state index contributed by atoms with van der Waals surface area (Å²) >= 11 is 0. The van der Waals surface area contributed by atoms with Gasteiger partial charge in [-0.2, -0.15) is 0 Å². The molecule has 0 heterocycles. The van der Waals surface area contributed by atoms with Crippen LogP contribution in [0.1, 0.15) is 70.6 Å². The summed E-state index contributed by atoms with van der Waals surface area (Å²) in [5, 5.41) is 11.5. The maximum absolute atomic E-state index is 12.1. The molecule has 0 unspecified atom stereocenters. The number of urea groups is 1. The third-order valence-electron chi connectivity index (χ3n) is 4.29. The van der Waals surface area contributed by atoms with Crippen LogP contribution in [0.25, 0.3) is 0 Å². The lowest BCUT2D eigenvalue weighted by Crippen LogP contribution is -2.43. The maximum Gasteiger partial charge on any atom is 0.317 e. The Labute approximate surface area is 128 Å². The molecule has 122 valence electrons. The van der Waals surface area contributed by atoms with E-state index in [0.29, 0.717) is 12.6 Å². The van der Waals surface area contributed by atoms with Crippen LogP contribution >= 0.6 is 0 Å². The minimum absolute atomic E-state index is 0.0347. The van der Waals surface area contributed by atoms with Gasteiger partial charge in [0, 0.05) is 26.1 Å². The zero-order chi connectivity index (χ0) is 15.5. The van der Waals surface area contributed by atoms with Gasteiger partial charge < -0.3 is 15.3 Å². The molecule has 0 atom stereocenters. The number of carboxylic acid groups (broad SMARTS) is 1. The molecule has 0 aromatic rings. The largest absolute Gasteiger partial charge is 0.481 e. The zero-order valence-electron chi connectivity index (χ0n) is 13.3. The third kappa shape index (κ3) is 7.93. The number of carbonyl (C=O) groups is 2. The molecule has 0 aromatic heterocycles. The standard InChI is InChI=1S/C16H30N2O3/c1-18(14-10-6-2-3-7-11-14)16(21)17-13-9-5-4-8-12-15(19)20/h14H,2-13H2,1H3,(H,17,21)(H,19,20). The van der Waals surface area contributed by atoms with Crippen molar-refractivity contribution in [2.45, 2.75) is 76.7 Å². The van der Waals surface area contributed by atoms with Gasteiger partial charge in [-0.3, -0.25) is 4.79 Å². The fourth-order valence-electron chi connectivity index (χ4n) is 2.89. The quantitative estimate of drug-likeness (QED) is 0.533. The summed E-state index contributed by atoms with van der Waals surface area (Å²) in [4.78, 5) is 24.3. The van der Waals surface area contributed by atoms with Gasteiger partial charge in [-0.05, 0) is 25.7 Å². The molecule has 1 saturated carbocycles. The van der Waals surface area contributed by atoms with Gasteiger partial charge in [0.1, 0.15) is 0 Å². The molecule has 0 bridgehead atoms. The highest BCUT2D eigenvalue weighted by Gasteiger charge is 2.20. The number of aliphatic carboxylic acids is 1. The molecule has 1 rings (SSSR count). The Bertz CT molecular complexity index is 313. The van der Waals surface area contributed by atoms with Gasteiger partial charge in [-0.25, -0.2) is 4.79 Å². The van der Waals surface area contributed by atoms with Crippen LogP contribution in [0, 0.1) is 0 Å². The lowest BCUT2D eigenvalue weighted by atomic mass is 10.1. The molecular formula is C16H30N2O3. The molecule has 0 aromatic carbocycles. The van der Waals surface area contributed by atoms with Crippen LogP contribution in [0.2, 0.25) is 0 Å². The van der Waals surface area contributed by atoms with Crippen LogP contribution in [0.15, 0.2) is 0 Å². The first-order valence-corrected chi connectivity index (χ1v) is 8.33. The first-order valence-electron chi connectivity index (χ1n) is 8.33. The average molecular weight is 298 g/mol. The van der Waals surface area contributed by atoms with E-state index in [2.05, 4.69) is 5.32 Å². The summed E-state index contributed by atoms with van der Waals surface area (Å²) in [5.41, 5.74) is 0. The number of rotatable bonds is 8. The topological polar surface area (TPSA) is 69.6 Å². The summed E-state index contributed by atoms with van der Waals surface area (Å²) in [6, 6.07) is 0.426. The number of hydrogen-bond donors (Lipinski definition) is 2. The van der Waals surface area contributed by atoms with Gasteiger partial charge in [0.2, 0.25) is 0 Å². The van der Waals surface area contributed by atoms with E-state index >= 15 is 0 Å². The molecule has 1 aliphatic rings. The summed E-state index contributed by atoms with van der Waals surface area (Å²) in [7, 11) is 1.90. The van der Waals surface area contributed by atoms with Gasteiger partial charge in [0.25, 0.3) is 0 Å². The first-order chi connectivity index (χ1) is 10.1. The highest BCUT2D eigenvalue weighted by Crippen LogP contribution is 2.20. The van der Waals surface area contributed by atoms with E-state index in [-0.39, 0.29) is 12.5 Å². The molecule has 0 aliphatic heterocycles. The first kappa shape index (κ1) is 17.8. The van der Waals surface area contributed by atoms with E-state index in [1.165, 1.54) is 25.7 Å². The van der Waals surface area contributed by atoms with Crippen LogP contribution in [0.4, 0.5) is 4.79 Å². The Hall–Kier alpha value is -1.26. The Morgan fingerprint density at radius 1 is 1.05 bits per heavy atom. The van der Waals surface area contributed by atoms with Gasteiger partial charge >= 0.3 is 12.0 Å². The van der Waals surface area contributed by atoms with Crippen molar-refractivity contribution in [1.82, 2.24) is 10.2 Å². The van der Waals surface area contributed by atoms with E-state index in [4.69, 9.17) is 5.11 Å². The summed E-state index contributed by atoms with van der Waals surface area (Å²) in [5.74, 6) is -0.728. The Morgan fingerprint density at radius 2 is 1.67 bits per heavy atom. The van der Waals surface area contributed by atoms with Gasteiger partial charge in [-0.15, -0.1) is 0 Å². The monoisotopic (exact) mass is 298 g/mol. The summed E-state index contributed by atoms with van der Waals surface area (Å²) in [6.45, 7) is 0.683. The van der Waals surface area contributed by atoms with E-state index in [9.17, 15) is 9.59 Å². The minimum Gasteiger partial charge on any atom is -0.481 e.